The van der Waals surface area contributed by atoms with Crippen LogP contribution in [0.4, 0.5) is 0 Å². The van der Waals surface area contributed by atoms with Gasteiger partial charge in [-0.25, -0.2) is 0 Å². The monoisotopic (exact) mass is 232 g/mol. The third kappa shape index (κ3) is 2.96. The fraction of sp³-hybridized carbons (Fsp3) is 0.286. The lowest BCUT2D eigenvalue weighted by atomic mass is 10.1. The summed E-state index contributed by atoms with van der Waals surface area (Å²) in [6.07, 6.45) is -0.432. The average molecular weight is 232 g/mol. The van der Waals surface area contributed by atoms with Crippen LogP contribution in [0.1, 0.15) is 0 Å². The van der Waals surface area contributed by atoms with Crippen molar-refractivity contribution in [2.24, 2.45) is 0 Å². The van der Waals surface area contributed by atoms with Gasteiger partial charge in [0, 0.05) is 5.39 Å². The van der Waals surface area contributed by atoms with Gasteiger partial charge in [-0.05, 0) is 11.5 Å². The number of aliphatic hydroxyl groups is 1. The average Bonchev–Trinajstić information content (AvgIpc) is 2.36. The SMILES string of the molecule is C[NH2+]C[C@@H](O)COc1cccc2ccccc12. The minimum absolute atomic E-state index is 0.332. The topological polar surface area (TPSA) is 46.1 Å². The van der Waals surface area contributed by atoms with E-state index in [1.54, 1.807) is 0 Å². The lowest BCUT2D eigenvalue weighted by Gasteiger charge is -2.12. The van der Waals surface area contributed by atoms with Gasteiger partial charge in [0.15, 0.2) is 0 Å². The first-order chi connectivity index (χ1) is 8.31. The van der Waals surface area contributed by atoms with E-state index in [1.807, 2.05) is 42.7 Å². The second-order valence-electron chi connectivity index (χ2n) is 4.09. The summed E-state index contributed by atoms with van der Waals surface area (Å²) in [5.74, 6) is 0.832. The number of nitrogens with two attached hydrogens (primary N) is 1. The third-order valence-corrected chi connectivity index (χ3v) is 2.69. The number of rotatable bonds is 5. The highest BCUT2D eigenvalue weighted by molar-refractivity contribution is 5.88. The first-order valence-electron chi connectivity index (χ1n) is 5.87. The molecule has 0 spiro atoms. The van der Waals surface area contributed by atoms with Crippen LogP contribution in [-0.2, 0) is 0 Å². The molecule has 0 heterocycles. The van der Waals surface area contributed by atoms with Gasteiger partial charge in [-0.15, -0.1) is 0 Å². The van der Waals surface area contributed by atoms with E-state index in [0.29, 0.717) is 13.2 Å². The molecule has 0 radical (unpaired) electrons. The van der Waals surface area contributed by atoms with Crippen molar-refractivity contribution in [2.45, 2.75) is 6.10 Å². The van der Waals surface area contributed by atoms with Gasteiger partial charge in [0.25, 0.3) is 0 Å². The number of hydrogen-bond donors (Lipinski definition) is 2. The predicted octanol–water partition coefficient (Wildman–Crippen LogP) is 0.773. The van der Waals surface area contributed by atoms with Crippen LogP contribution in [0, 0.1) is 0 Å². The van der Waals surface area contributed by atoms with Crippen molar-refractivity contribution in [2.75, 3.05) is 20.2 Å². The molecular weight excluding hydrogens is 214 g/mol. The summed E-state index contributed by atoms with van der Waals surface area (Å²) in [5, 5.41) is 13.8. The van der Waals surface area contributed by atoms with Gasteiger partial charge in [-0.3, -0.25) is 0 Å². The standard InChI is InChI=1S/C14H17NO2/c1-15-9-12(16)10-17-14-8-4-6-11-5-2-3-7-13(11)14/h2-8,12,15-16H,9-10H2,1H3/p+1/t12-/m1/s1. The van der Waals surface area contributed by atoms with E-state index in [9.17, 15) is 5.11 Å². The normalized spacial score (nSPS) is 12.6. The summed E-state index contributed by atoms with van der Waals surface area (Å²) < 4.78 is 5.66. The maximum Gasteiger partial charge on any atom is 0.137 e. The Morgan fingerprint density at radius 1 is 1.18 bits per heavy atom. The number of likely N-dealkylation sites (N-methyl/N-ethyl adjacent to an activating group) is 1. The van der Waals surface area contributed by atoms with Crippen molar-refractivity contribution < 1.29 is 15.2 Å². The molecular formula is C14H18NO2+. The highest BCUT2D eigenvalue weighted by Gasteiger charge is 2.07. The number of fused-ring (bicyclic) bond motifs is 1. The molecule has 0 aliphatic heterocycles. The van der Waals surface area contributed by atoms with Crippen LogP contribution in [0.3, 0.4) is 0 Å². The molecule has 0 aliphatic rings. The van der Waals surface area contributed by atoms with E-state index < -0.39 is 6.10 Å². The van der Waals surface area contributed by atoms with Gasteiger partial charge in [0.2, 0.25) is 0 Å². The predicted molar refractivity (Wildman–Crippen MR) is 68.2 cm³/mol. The molecule has 0 bridgehead atoms. The smallest absolute Gasteiger partial charge is 0.137 e. The van der Waals surface area contributed by atoms with Crippen LogP contribution >= 0.6 is 0 Å². The molecule has 90 valence electrons. The molecule has 0 aliphatic carbocycles. The summed E-state index contributed by atoms with van der Waals surface area (Å²) in [5.41, 5.74) is 0. The summed E-state index contributed by atoms with van der Waals surface area (Å²) in [6, 6.07) is 14.0. The molecule has 0 unspecified atom stereocenters. The molecule has 0 aromatic heterocycles. The second-order valence-corrected chi connectivity index (χ2v) is 4.09. The van der Waals surface area contributed by atoms with Crippen LogP contribution in [-0.4, -0.2) is 31.4 Å². The van der Waals surface area contributed by atoms with Crippen molar-refractivity contribution in [1.29, 1.82) is 0 Å². The summed E-state index contributed by atoms with van der Waals surface area (Å²) in [7, 11) is 1.93. The van der Waals surface area contributed by atoms with Gasteiger partial charge in [-0.1, -0.05) is 36.4 Å². The number of hydrogen-bond acceptors (Lipinski definition) is 2. The largest absolute Gasteiger partial charge is 0.490 e. The summed E-state index contributed by atoms with van der Waals surface area (Å²) in [6.45, 7) is 0.989. The van der Waals surface area contributed by atoms with Gasteiger partial charge in [0.1, 0.15) is 25.0 Å². The van der Waals surface area contributed by atoms with E-state index in [0.717, 1.165) is 16.5 Å². The zero-order valence-electron chi connectivity index (χ0n) is 9.97. The quantitative estimate of drug-likeness (QED) is 0.800. The lowest BCUT2D eigenvalue weighted by Crippen LogP contribution is -2.82. The third-order valence-electron chi connectivity index (χ3n) is 2.69. The van der Waals surface area contributed by atoms with Crippen molar-refractivity contribution >= 4 is 10.8 Å². The molecule has 17 heavy (non-hydrogen) atoms. The zero-order valence-corrected chi connectivity index (χ0v) is 9.97. The molecule has 3 nitrogen and oxygen atoms in total. The number of ether oxygens (including phenoxy) is 1. The molecule has 0 amide bonds. The van der Waals surface area contributed by atoms with Crippen molar-refractivity contribution in [1.82, 2.24) is 0 Å². The maximum atomic E-state index is 9.63. The highest BCUT2D eigenvalue weighted by Crippen LogP contribution is 2.24. The van der Waals surface area contributed by atoms with E-state index in [2.05, 4.69) is 12.1 Å². The van der Waals surface area contributed by atoms with Crippen LogP contribution in [0.15, 0.2) is 42.5 Å². The van der Waals surface area contributed by atoms with Gasteiger partial charge >= 0.3 is 0 Å². The van der Waals surface area contributed by atoms with Crippen molar-refractivity contribution in [3.8, 4) is 5.75 Å². The minimum atomic E-state index is -0.432. The van der Waals surface area contributed by atoms with E-state index in [1.165, 1.54) is 0 Å². The molecule has 2 aromatic carbocycles. The van der Waals surface area contributed by atoms with Gasteiger partial charge in [0.05, 0.1) is 7.05 Å². The fourth-order valence-electron chi connectivity index (χ4n) is 1.85. The van der Waals surface area contributed by atoms with Gasteiger partial charge in [-0.2, -0.15) is 0 Å². The Kier molecular flexibility index (Phi) is 3.96. The Balaban J connectivity index is 2.13. The second kappa shape index (κ2) is 5.66. The summed E-state index contributed by atoms with van der Waals surface area (Å²) >= 11 is 0. The Morgan fingerprint density at radius 3 is 2.76 bits per heavy atom. The van der Waals surface area contributed by atoms with E-state index in [4.69, 9.17) is 4.74 Å². The molecule has 3 heteroatoms. The molecule has 1 atom stereocenters. The number of quaternary nitrogens is 1. The van der Waals surface area contributed by atoms with Gasteiger partial charge < -0.3 is 15.2 Å². The van der Waals surface area contributed by atoms with Crippen molar-refractivity contribution in [3.05, 3.63) is 42.5 Å². The first kappa shape index (κ1) is 11.9. The Bertz CT molecular complexity index is 479. The lowest BCUT2D eigenvalue weighted by molar-refractivity contribution is -0.633. The van der Waals surface area contributed by atoms with Crippen LogP contribution in [0.2, 0.25) is 0 Å². The summed E-state index contributed by atoms with van der Waals surface area (Å²) in [4.78, 5) is 0. The Morgan fingerprint density at radius 2 is 1.94 bits per heavy atom. The molecule has 3 N–H and O–H groups in total. The maximum absolute atomic E-state index is 9.63. The fourth-order valence-corrected chi connectivity index (χ4v) is 1.85. The molecule has 0 saturated heterocycles. The highest BCUT2D eigenvalue weighted by atomic mass is 16.5. The zero-order chi connectivity index (χ0) is 12.1. The Hall–Kier alpha value is -1.58. The van der Waals surface area contributed by atoms with Crippen LogP contribution in [0.5, 0.6) is 5.75 Å². The van der Waals surface area contributed by atoms with Crippen molar-refractivity contribution in [3.63, 3.8) is 0 Å². The van der Waals surface area contributed by atoms with Crippen LogP contribution < -0.4 is 10.1 Å². The van der Waals surface area contributed by atoms with E-state index in [-0.39, 0.29) is 0 Å². The molecule has 2 rings (SSSR count). The molecule has 2 aromatic rings. The minimum Gasteiger partial charge on any atom is -0.490 e. The first-order valence-corrected chi connectivity index (χ1v) is 5.87. The van der Waals surface area contributed by atoms with Crippen LogP contribution in [0.25, 0.3) is 10.8 Å². The number of benzene rings is 2. The Labute approximate surface area is 101 Å². The molecule has 0 fully saturated rings. The molecule has 0 saturated carbocycles. The van der Waals surface area contributed by atoms with E-state index >= 15 is 0 Å². The number of aliphatic hydroxyl groups excluding tert-OH is 1.